The molecule has 1 rings (SSSR count). The van der Waals surface area contributed by atoms with E-state index in [9.17, 15) is 18.0 Å². The second-order valence-corrected chi connectivity index (χ2v) is 7.61. The molecule has 0 aromatic heterocycles. The van der Waals surface area contributed by atoms with E-state index in [1.54, 1.807) is 0 Å². The summed E-state index contributed by atoms with van der Waals surface area (Å²) in [6, 6.07) is 5.73. The van der Waals surface area contributed by atoms with Crippen LogP contribution in [0, 0.1) is 0 Å². The Morgan fingerprint density at radius 2 is 1.82 bits per heavy atom. The number of hydrogen-bond donors (Lipinski definition) is 1. The Labute approximate surface area is 130 Å². The summed E-state index contributed by atoms with van der Waals surface area (Å²) in [5, 5.41) is 2.72. The number of carbonyl (C=O) groups excluding carboxylic acids is 2. The molecule has 0 aliphatic rings. The fourth-order valence-electron chi connectivity index (χ4n) is 1.67. The van der Waals surface area contributed by atoms with Gasteiger partial charge < -0.3 is 10.1 Å². The molecule has 0 spiro atoms. The SMILES string of the molecule is CCC(C)(C)NC(=O)COC(=O)c1ccccc1S(C)(=O)=O. The molecule has 0 aliphatic carbocycles. The van der Waals surface area contributed by atoms with Crippen LogP contribution in [0.5, 0.6) is 0 Å². The van der Waals surface area contributed by atoms with E-state index in [1.165, 1.54) is 24.3 Å². The molecule has 1 N–H and O–H groups in total. The second-order valence-electron chi connectivity index (χ2n) is 5.63. The summed E-state index contributed by atoms with van der Waals surface area (Å²) in [7, 11) is -3.55. The van der Waals surface area contributed by atoms with Gasteiger partial charge in [-0.15, -0.1) is 0 Å². The minimum atomic E-state index is -3.55. The van der Waals surface area contributed by atoms with Gasteiger partial charge in [0.15, 0.2) is 16.4 Å². The summed E-state index contributed by atoms with van der Waals surface area (Å²) in [4.78, 5) is 23.6. The van der Waals surface area contributed by atoms with Crippen molar-refractivity contribution in [3.63, 3.8) is 0 Å². The molecule has 0 aliphatic heterocycles. The second kappa shape index (κ2) is 6.91. The largest absolute Gasteiger partial charge is 0.452 e. The van der Waals surface area contributed by atoms with Crippen LogP contribution in [0.25, 0.3) is 0 Å². The van der Waals surface area contributed by atoms with Gasteiger partial charge in [-0.05, 0) is 32.4 Å². The average molecular weight is 327 g/mol. The Balaban J connectivity index is 2.78. The number of ether oxygens (including phenoxy) is 1. The van der Waals surface area contributed by atoms with E-state index in [0.29, 0.717) is 0 Å². The molecule has 1 aromatic carbocycles. The number of nitrogens with one attached hydrogen (secondary N) is 1. The predicted octanol–water partition coefficient (Wildman–Crippen LogP) is 1.55. The summed E-state index contributed by atoms with van der Waals surface area (Å²) in [6.45, 7) is 5.17. The van der Waals surface area contributed by atoms with Crippen LogP contribution in [0.4, 0.5) is 0 Å². The van der Waals surface area contributed by atoms with Gasteiger partial charge in [0.2, 0.25) is 0 Å². The number of hydrogen-bond acceptors (Lipinski definition) is 5. The van der Waals surface area contributed by atoms with Crippen LogP contribution >= 0.6 is 0 Å². The molecule has 7 heteroatoms. The Kier molecular flexibility index (Phi) is 5.71. The summed E-state index contributed by atoms with van der Waals surface area (Å²) in [5.74, 6) is -1.28. The van der Waals surface area contributed by atoms with E-state index in [2.05, 4.69) is 5.32 Å². The van der Waals surface area contributed by atoms with Crippen LogP contribution < -0.4 is 5.32 Å². The molecular weight excluding hydrogens is 306 g/mol. The lowest BCUT2D eigenvalue weighted by Crippen LogP contribution is -2.44. The highest BCUT2D eigenvalue weighted by molar-refractivity contribution is 7.90. The van der Waals surface area contributed by atoms with Gasteiger partial charge in [-0.25, -0.2) is 13.2 Å². The fourth-order valence-corrected chi connectivity index (χ4v) is 2.55. The Hall–Kier alpha value is -1.89. The number of rotatable bonds is 6. The molecule has 22 heavy (non-hydrogen) atoms. The molecule has 0 fully saturated rings. The molecule has 122 valence electrons. The predicted molar refractivity (Wildman–Crippen MR) is 82.3 cm³/mol. The van der Waals surface area contributed by atoms with Crippen LogP contribution in [-0.4, -0.2) is 38.7 Å². The number of benzene rings is 1. The van der Waals surface area contributed by atoms with Gasteiger partial charge in [0.25, 0.3) is 5.91 Å². The summed E-state index contributed by atoms with van der Waals surface area (Å²) in [5.41, 5.74) is -0.471. The Bertz CT molecular complexity index is 664. The van der Waals surface area contributed by atoms with Crippen molar-refractivity contribution in [1.29, 1.82) is 0 Å². The van der Waals surface area contributed by atoms with Gasteiger partial charge in [0, 0.05) is 11.8 Å². The van der Waals surface area contributed by atoms with E-state index in [1.807, 2.05) is 20.8 Å². The highest BCUT2D eigenvalue weighted by Crippen LogP contribution is 2.16. The van der Waals surface area contributed by atoms with Crippen LogP contribution in [0.15, 0.2) is 29.2 Å². The van der Waals surface area contributed by atoms with Gasteiger partial charge in [0.1, 0.15) is 0 Å². The number of sulfone groups is 1. The molecule has 0 radical (unpaired) electrons. The van der Waals surface area contributed by atoms with Crippen molar-refractivity contribution in [3.05, 3.63) is 29.8 Å². The summed E-state index contributed by atoms with van der Waals surface area (Å²) >= 11 is 0. The fraction of sp³-hybridized carbons (Fsp3) is 0.467. The maximum atomic E-state index is 12.0. The molecule has 0 heterocycles. The number of amides is 1. The first-order valence-corrected chi connectivity index (χ1v) is 8.73. The summed E-state index contributed by atoms with van der Waals surface area (Å²) < 4.78 is 28.2. The van der Waals surface area contributed by atoms with Crippen molar-refractivity contribution in [1.82, 2.24) is 5.32 Å². The van der Waals surface area contributed by atoms with Crippen molar-refractivity contribution in [2.45, 2.75) is 37.6 Å². The first kappa shape index (κ1) is 18.2. The zero-order valence-electron chi connectivity index (χ0n) is 13.2. The maximum absolute atomic E-state index is 12.0. The minimum absolute atomic E-state index is 0.0763. The van der Waals surface area contributed by atoms with Crippen molar-refractivity contribution < 1.29 is 22.7 Å². The third kappa shape index (κ3) is 5.14. The third-order valence-corrected chi connectivity index (χ3v) is 4.36. The topological polar surface area (TPSA) is 89.5 Å². The highest BCUT2D eigenvalue weighted by Gasteiger charge is 2.22. The first-order chi connectivity index (χ1) is 10.1. The van der Waals surface area contributed by atoms with E-state index >= 15 is 0 Å². The Morgan fingerprint density at radius 1 is 1.23 bits per heavy atom. The van der Waals surface area contributed by atoms with Crippen molar-refractivity contribution in [3.8, 4) is 0 Å². The molecule has 1 aromatic rings. The monoisotopic (exact) mass is 327 g/mol. The highest BCUT2D eigenvalue weighted by atomic mass is 32.2. The molecule has 0 saturated carbocycles. The van der Waals surface area contributed by atoms with Crippen LogP contribution in [0.2, 0.25) is 0 Å². The van der Waals surface area contributed by atoms with Gasteiger partial charge in [-0.1, -0.05) is 19.1 Å². The van der Waals surface area contributed by atoms with Crippen molar-refractivity contribution in [2.24, 2.45) is 0 Å². The smallest absolute Gasteiger partial charge is 0.339 e. The normalized spacial score (nSPS) is 11.8. The van der Waals surface area contributed by atoms with E-state index in [0.717, 1.165) is 12.7 Å². The van der Waals surface area contributed by atoms with Gasteiger partial charge >= 0.3 is 5.97 Å². The number of carbonyl (C=O) groups is 2. The molecule has 0 unspecified atom stereocenters. The minimum Gasteiger partial charge on any atom is -0.452 e. The van der Waals surface area contributed by atoms with E-state index in [-0.39, 0.29) is 10.5 Å². The molecule has 0 atom stereocenters. The van der Waals surface area contributed by atoms with Crippen LogP contribution in [-0.2, 0) is 19.4 Å². The lowest BCUT2D eigenvalue weighted by atomic mass is 10.0. The lowest BCUT2D eigenvalue weighted by molar-refractivity contribution is -0.125. The average Bonchev–Trinajstić information content (AvgIpc) is 2.43. The van der Waals surface area contributed by atoms with Crippen molar-refractivity contribution in [2.75, 3.05) is 12.9 Å². The van der Waals surface area contributed by atoms with Gasteiger partial charge in [-0.2, -0.15) is 0 Å². The molecular formula is C15H21NO5S. The molecule has 0 bridgehead atoms. The van der Waals surface area contributed by atoms with Gasteiger partial charge in [-0.3, -0.25) is 4.79 Å². The standard InChI is InChI=1S/C15H21NO5S/c1-5-15(2,3)16-13(17)10-21-14(18)11-8-6-7-9-12(11)22(4,19)20/h6-9H,5,10H2,1-4H3,(H,16,17). The zero-order chi connectivity index (χ0) is 17.0. The lowest BCUT2D eigenvalue weighted by Gasteiger charge is -2.24. The molecule has 6 nitrogen and oxygen atoms in total. The molecule has 1 amide bonds. The quantitative estimate of drug-likeness (QED) is 0.801. The number of esters is 1. The van der Waals surface area contributed by atoms with E-state index in [4.69, 9.17) is 4.74 Å². The first-order valence-electron chi connectivity index (χ1n) is 6.84. The Morgan fingerprint density at radius 3 is 2.36 bits per heavy atom. The zero-order valence-corrected chi connectivity index (χ0v) is 14.0. The third-order valence-electron chi connectivity index (χ3n) is 3.20. The van der Waals surface area contributed by atoms with Crippen LogP contribution in [0.3, 0.4) is 0 Å². The maximum Gasteiger partial charge on any atom is 0.339 e. The van der Waals surface area contributed by atoms with Crippen LogP contribution in [0.1, 0.15) is 37.6 Å². The van der Waals surface area contributed by atoms with Crippen molar-refractivity contribution >= 4 is 21.7 Å². The summed E-state index contributed by atoms with van der Waals surface area (Å²) in [6.07, 6.45) is 1.74. The van der Waals surface area contributed by atoms with E-state index < -0.39 is 33.9 Å². The molecule has 0 saturated heterocycles. The van der Waals surface area contributed by atoms with Gasteiger partial charge in [0.05, 0.1) is 10.5 Å².